The van der Waals surface area contributed by atoms with Crippen LogP contribution in [-0.2, 0) is 25.0 Å². The van der Waals surface area contributed by atoms with E-state index >= 15 is 0 Å². The summed E-state index contributed by atoms with van der Waals surface area (Å²) in [5.41, 5.74) is 0. The van der Waals surface area contributed by atoms with Crippen LogP contribution in [0.1, 0.15) is 39.5 Å². The van der Waals surface area contributed by atoms with Gasteiger partial charge >= 0.3 is 0 Å². The minimum Gasteiger partial charge on any atom is -0.311 e. The van der Waals surface area contributed by atoms with Crippen LogP contribution in [0.15, 0.2) is 42.2 Å². The molecule has 0 aliphatic carbocycles. The first-order valence-corrected chi connectivity index (χ1v) is 6.58. The lowest BCUT2D eigenvalue weighted by molar-refractivity contribution is -0.741. The molecule has 0 fully saturated rings. The van der Waals surface area contributed by atoms with Crippen LogP contribution in [-0.4, -0.2) is 0 Å². The van der Waals surface area contributed by atoms with Gasteiger partial charge in [0.25, 0.3) is 0 Å². The summed E-state index contributed by atoms with van der Waals surface area (Å²) in [5.74, 6) is 1.12. The zero-order valence-corrected chi connectivity index (χ0v) is 11.7. The second-order valence-corrected chi connectivity index (χ2v) is 3.96. The standard InChI is InChI=1S/C14H20O6/c1-3-5-7-10-13(4-2)15-17-19-20-18-16-14-11-8-6-9-12-14/h4,6,8-9,11-12H,3,5,7,10H2,1-2H3. The van der Waals surface area contributed by atoms with Gasteiger partial charge in [0.2, 0.25) is 0 Å². The summed E-state index contributed by atoms with van der Waals surface area (Å²) in [7, 11) is 0. The van der Waals surface area contributed by atoms with E-state index in [0.29, 0.717) is 11.5 Å². The molecule has 0 N–H and O–H groups in total. The molecular formula is C14H20O6. The van der Waals surface area contributed by atoms with Crippen LogP contribution in [0.2, 0.25) is 0 Å². The highest BCUT2D eigenvalue weighted by Gasteiger charge is 2.01. The van der Waals surface area contributed by atoms with Gasteiger partial charge in [0.05, 0.1) is 0 Å². The van der Waals surface area contributed by atoms with E-state index in [1.807, 2.05) is 13.0 Å². The van der Waals surface area contributed by atoms with E-state index in [1.54, 1.807) is 30.3 Å². The maximum absolute atomic E-state index is 4.87. The predicted octanol–water partition coefficient (Wildman–Crippen LogP) is 4.21. The Hall–Kier alpha value is -1.60. The second kappa shape index (κ2) is 11.2. The van der Waals surface area contributed by atoms with E-state index in [0.717, 1.165) is 25.7 Å². The lowest BCUT2D eigenvalue weighted by atomic mass is 10.2. The van der Waals surface area contributed by atoms with Gasteiger partial charge in [-0.25, -0.2) is 0 Å². The molecule has 6 heteroatoms. The van der Waals surface area contributed by atoms with Gasteiger partial charge in [-0.1, -0.05) is 38.0 Å². The largest absolute Gasteiger partial charge is 0.311 e. The Morgan fingerprint density at radius 2 is 1.75 bits per heavy atom. The lowest BCUT2D eigenvalue weighted by Crippen LogP contribution is -2.02. The molecule has 0 aliphatic rings. The van der Waals surface area contributed by atoms with Crippen molar-refractivity contribution in [2.75, 3.05) is 0 Å². The van der Waals surface area contributed by atoms with E-state index in [4.69, 9.17) is 9.78 Å². The molecule has 0 heterocycles. The molecule has 0 amide bonds. The monoisotopic (exact) mass is 284 g/mol. The van der Waals surface area contributed by atoms with E-state index in [9.17, 15) is 0 Å². The highest BCUT2D eigenvalue weighted by atomic mass is 17.8. The summed E-state index contributed by atoms with van der Waals surface area (Å²) in [6.07, 6.45) is 5.86. The van der Waals surface area contributed by atoms with Gasteiger partial charge in [-0.05, 0) is 31.6 Å². The molecule has 112 valence electrons. The van der Waals surface area contributed by atoms with Crippen LogP contribution in [0, 0.1) is 0 Å². The number of unbranched alkanes of at least 4 members (excludes halogenated alkanes) is 2. The van der Waals surface area contributed by atoms with Crippen LogP contribution < -0.4 is 4.89 Å². The molecule has 0 radical (unpaired) electrons. The molecule has 0 bridgehead atoms. The SMILES string of the molecule is CC=C(CCCCC)OOOOOOc1ccccc1. The van der Waals surface area contributed by atoms with E-state index < -0.39 is 0 Å². The third kappa shape index (κ3) is 7.75. The van der Waals surface area contributed by atoms with Gasteiger partial charge in [-0.15, -0.1) is 0 Å². The molecule has 0 spiro atoms. The lowest BCUT2D eigenvalue weighted by Gasteiger charge is -2.05. The first-order chi connectivity index (χ1) is 9.86. The molecule has 0 unspecified atom stereocenters. The number of hydrogen-bond donors (Lipinski definition) is 0. The van der Waals surface area contributed by atoms with Crippen molar-refractivity contribution in [3.05, 3.63) is 42.2 Å². The van der Waals surface area contributed by atoms with Crippen LogP contribution in [0.3, 0.4) is 0 Å². The molecule has 0 aromatic heterocycles. The Balaban J connectivity index is 2.01. The molecule has 0 saturated heterocycles. The van der Waals surface area contributed by atoms with Crippen molar-refractivity contribution in [2.45, 2.75) is 39.5 Å². The zero-order valence-electron chi connectivity index (χ0n) is 11.7. The van der Waals surface area contributed by atoms with Crippen LogP contribution in [0.5, 0.6) is 5.75 Å². The predicted molar refractivity (Wildman–Crippen MR) is 70.4 cm³/mol. The molecule has 6 nitrogen and oxygen atoms in total. The average molecular weight is 284 g/mol. The van der Waals surface area contributed by atoms with E-state index in [1.165, 1.54) is 0 Å². The maximum atomic E-state index is 4.87. The third-order valence-corrected chi connectivity index (χ3v) is 2.45. The minimum absolute atomic E-state index is 0.464. The van der Waals surface area contributed by atoms with Crippen molar-refractivity contribution >= 4 is 0 Å². The molecule has 0 aliphatic heterocycles. The fourth-order valence-electron chi connectivity index (χ4n) is 1.39. The smallest absolute Gasteiger partial charge is 0.168 e. The Morgan fingerprint density at radius 3 is 2.45 bits per heavy atom. The summed E-state index contributed by atoms with van der Waals surface area (Å²) in [5, 5.41) is 17.0. The van der Waals surface area contributed by atoms with Gasteiger partial charge in [-0.2, -0.15) is 0 Å². The number of rotatable bonds is 11. The maximum Gasteiger partial charge on any atom is 0.168 e. The minimum atomic E-state index is 0.464. The van der Waals surface area contributed by atoms with Crippen molar-refractivity contribution in [2.24, 2.45) is 0 Å². The van der Waals surface area contributed by atoms with Gasteiger partial charge in [0, 0.05) is 26.6 Å². The normalized spacial score (nSPS) is 11.4. The first kappa shape index (κ1) is 16.5. The second-order valence-electron chi connectivity index (χ2n) is 3.96. The summed E-state index contributed by atoms with van der Waals surface area (Å²) >= 11 is 0. The van der Waals surface area contributed by atoms with E-state index in [-0.39, 0.29) is 0 Å². The summed E-state index contributed by atoms with van der Waals surface area (Å²) in [6.45, 7) is 3.98. The number of hydrogen-bond acceptors (Lipinski definition) is 6. The fourth-order valence-corrected chi connectivity index (χ4v) is 1.39. The Morgan fingerprint density at radius 1 is 1.00 bits per heavy atom. The number of allylic oxidation sites excluding steroid dienone is 2. The summed E-state index contributed by atoms with van der Waals surface area (Å²) in [4.78, 5) is 9.59. The topological polar surface area (TPSA) is 55.4 Å². The van der Waals surface area contributed by atoms with Crippen molar-refractivity contribution in [3.63, 3.8) is 0 Å². The molecule has 1 rings (SSSR count). The van der Waals surface area contributed by atoms with Crippen molar-refractivity contribution in [3.8, 4) is 5.75 Å². The molecule has 0 saturated carbocycles. The Bertz CT molecular complexity index is 365. The van der Waals surface area contributed by atoms with Crippen LogP contribution >= 0.6 is 0 Å². The summed E-state index contributed by atoms with van der Waals surface area (Å²) < 4.78 is 0. The molecular weight excluding hydrogens is 264 g/mol. The number of benzene rings is 1. The van der Waals surface area contributed by atoms with Crippen molar-refractivity contribution < 1.29 is 29.9 Å². The molecule has 1 aromatic rings. The molecule has 0 atom stereocenters. The average Bonchev–Trinajstić information content (AvgIpc) is 2.50. The third-order valence-electron chi connectivity index (χ3n) is 2.45. The summed E-state index contributed by atoms with van der Waals surface area (Å²) in [6, 6.07) is 8.79. The number of para-hydroxylation sites is 1. The fraction of sp³-hybridized carbons (Fsp3) is 0.429. The van der Waals surface area contributed by atoms with Crippen molar-refractivity contribution in [1.29, 1.82) is 0 Å². The Kier molecular flexibility index (Phi) is 9.25. The Labute approximate surface area is 118 Å². The van der Waals surface area contributed by atoms with Crippen LogP contribution in [0.25, 0.3) is 0 Å². The van der Waals surface area contributed by atoms with Crippen LogP contribution in [0.4, 0.5) is 0 Å². The highest BCUT2D eigenvalue weighted by Crippen LogP contribution is 2.11. The van der Waals surface area contributed by atoms with Gasteiger partial charge in [0.15, 0.2) is 5.75 Å². The van der Waals surface area contributed by atoms with E-state index in [2.05, 4.69) is 27.1 Å². The van der Waals surface area contributed by atoms with Crippen molar-refractivity contribution in [1.82, 2.24) is 0 Å². The molecule has 1 aromatic carbocycles. The molecule has 20 heavy (non-hydrogen) atoms. The van der Waals surface area contributed by atoms with Gasteiger partial charge in [-0.3, -0.25) is 0 Å². The quantitative estimate of drug-likeness (QED) is 0.262. The van der Waals surface area contributed by atoms with Gasteiger partial charge in [0.1, 0.15) is 5.76 Å². The van der Waals surface area contributed by atoms with Gasteiger partial charge < -0.3 is 9.78 Å². The first-order valence-electron chi connectivity index (χ1n) is 6.58. The zero-order chi connectivity index (χ0) is 14.5. The highest BCUT2D eigenvalue weighted by molar-refractivity contribution is 5.19.